The number of anilines is 1. The summed E-state index contributed by atoms with van der Waals surface area (Å²) in [4.78, 5) is 14.6. The van der Waals surface area contributed by atoms with Crippen molar-refractivity contribution in [3.05, 3.63) is 53.8 Å². The molecule has 1 aromatic carbocycles. The first-order valence-corrected chi connectivity index (χ1v) is 8.52. The molecule has 4 nitrogen and oxygen atoms in total. The highest BCUT2D eigenvalue weighted by Gasteiger charge is 2.26. The standard InChI is InChI=1S/C17H17N3OS/c21-17(15-2-1-9-20-10-11-22-19-16(15)20)18-14-7-5-13(6-8-14)12-3-4-12/h1-2,5-9,12H,3-4,10-11H2,(H,18,21). The Morgan fingerprint density at radius 1 is 1.27 bits per heavy atom. The van der Waals surface area contributed by atoms with Crippen LogP contribution in [0.2, 0.25) is 0 Å². The molecule has 1 amide bonds. The molecule has 1 aliphatic carbocycles. The number of fused-ring (bicyclic) bond motifs is 1. The summed E-state index contributed by atoms with van der Waals surface area (Å²) < 4.78 is 4.42. The number of rotatable bonds is 3. The van der Waals surface area contributed by atoms with Crippen molar-refractivity contribution in [3.8, 4) is 0 Å². The Labute approximate surface area is 134 Å². The number of benzene rings is 1. The summed E-state index contributed by atoms with van der Waals surface area (Å²) in [6, 6.07) is 8.20. The Morgan fingerprint density at radius 3 is 2.86 bits per heavy atom. The largest absolute Gasteiger partial charge is 0.331 e. The lowest BCUT2D eigenvalue weighted by Crippen LogP contribution is -2.37. The van der Waals surface area contributed by atoms with Gasteiger partial charge in [-0.2, -0.15) is 4.40 Å². The molecular weight excluding hydrogens is 294 g/mol. The van der Waals surface area contributed by atoms with Crippen LogP contribution in [0.3, 0.4) is 0 Å². The molecular formula is C17H17N3OS. The average molecular weight is 311 g/mol. The number of carbonyl (C=O) groups excluding carboxylic acids is 1. The van der Waals surface area contributed by atoms with Crippen LogP contribution in [0.4, 0.5) is 5.69 Å². The molecule has 0 bridgehead atoms. The lowest BCUT2D eigenvalue weighted by atomic mass is 10.1. The van der Waals surface area contributed by atoms with Crippen LogP contribution in [0.15, 0.2) is 52.6 Å². The normalized spacial score (nSPS) is 20.1. The van der Waals surface area contributed by atoms with E-state index in [9.17, 15) is 4.79 Å². The molecule has 22 heavy (non-hydrogen) atoms. The zero-order valence-corrected chi connectivity index (χ0v) is 13.0. The van der Waals surface area contributed by atoms with Gasteiger partial charge in [-0.1, -0.05) is 12.1 Å². The van der Waals surface area contributed by atoms with E-state index >= 15 is 0 Å². The first-order valence-electron chi connectivity index (χ1n) is 7.58. The lowest BCUT2D eigenvalue weighted by molar-refractivity contribution is -0.112. The molecule has 2 aliphatic heterocycles. The van der Waals surface area contributed by atoms with E-state index in [1.807, 2.05) is 35.4 Å². The predicted octanol–water partition coefficient (Wildman–Crippen LogP) is 3.32. The zero-order chi connectivity index (χ0) is 14.9. The number of nitrogens with one attached hydrogen (secondary N) is 1. The monoisotopic (exact) mass is 311 g/mol. The minimum atomic E-state index is -0.102. The molecule has 2 heterocycles. The van der Waals surface area contributed by atoms with Gasteiger partial charge in [0.25, 0.3) is 5.91 Å². The van der Waals surface area contributed by atoms with Gasteiger partial charge in [0.1, 0.15) is 0 Å². The molecule has 1 saturated carbocycles. The summed E-state index contributed by atoms with van der Waals surface area (Å²) in [7, 11) is 0. The van der Waals surface area contributed by atoms with Crippen molar-refractivity contribution < 1.29 is 4.79 Å². The molecule has 1 N–H and O–H groups in total. The number of carbonyl (C=O) groups is 1. The molecule has 5 heteroatoms. The maximum absolute atomic E-state index is 12.5. The maximum Gasteiger partial charge on any atom is 0.259 e. The second-order valence-corrected chi connectivity index (χ2v) is 6.56. The molecule has 0 aromatic heterocycles. The second-order valence-electron chi connectivity index (χ2n) is 5.71. The van der Waals surface area contributed by atoms with Crippen LogP contribution in [-0.2, 0) is 4.79 Å². The highest BCUT2D eigenvalue weighted by atomic mass is 32.2. The quantitative estimate of drug-likeness (QED) is 0.871. The van der Waals surface area contributed by atoms with Crippen molar-refractivity contribution in [2.75, 3.05) is 17.6 Å². The van der Waals surface area contributed by atoms with Crippen molar-refractivity contribution in [1.29, 1.82) is 0 Å². The summed E-state index contributed by atoms with van der Waals surface area (Å²) in [5.41, 5.74) is 2.83. The molecule has 112 valence electrons. The van der Waals surface area contributed by atoms with Crippen LogP contribution in [0.25, 0.3) is 0 Å². The number of amidine groups is 1. The zero-order valence-electron chi connectivity index (χ0n) is 12.2. The van der Waals surface area contributed by atoms with Gasteiger partial charge in [0.05, 0.1) is 5.57 Å². The smallest absolute Gasteiger partial charge is 0.259 e. The molecule has 4 rings (SSSR count). The molecule has 0 atom stereocenters. The van der Waals surface area contributed by atoms with Gasteiger partial charge in [-0.05, 0) is 60.6 Å². The lowest BCUT2D eigenvalue weighted by Gasteiger charge is -2.28. The third-order valence-electron chi connectivity index (χ3n) is 4.08. The Hall–Kier alpha value is -2.01. The topological polar surface area (TPSA) is 44.7 Å². The Kier molecular flexibility index (Phi) is 3.50. The van der Waals surface area contributed by atoms with Crippen LogP contribution in [0.5, 0.6) is 0 Å². The van der Waals surface area contributed by atoms with E-state index in [0.717, 1.165) is 29.7 Å². The van der Waals surface area contributed by atoms with E-state index in [-0.39, 0.29) is 5.91 Å². The molecule has 0 spiro atoms. The minimum absolute atomic E-state index is 0.102. The third-order valence-corrected chi connectivity index (χ3v) is 4.75. The van der Waals surface area contributed by atoms with E-state index in [1.54, 1.807) is 0 Å². The fourth-order valence-corrected chi connectivity index (χ4v) is 3.40. The molecule has 0 unspecified atom stereocenters. The van der Waals surface area contributed by atoms with Crippen LogP contribution in [0.1, 0.15) is 24.3 Å². The highest BCUT2D eigenvalue weighted by Crippen LogP contribution is 2.40. The van der Waals surface area contributed by atoms with Gasteiger partial charge < -0.3 is 10.2 Å². The van der Waals surface area contributed by atoms with Crippen molar-refractivity contribution in [2.24, 2.45) is 4.40 Å². The number of nitrogens with zero attached hydrogens (tertiary/aromatic N) is 2. The number of hydrogen-bond donors (Lipinski definition) is 1. The van der Waals surface area contributed by atoms with Gasteiger partial charge in [-0.15, -0.1) is 0 Å². The molecule has 1 fully saturated rings. The van der Waals surface area contributed by atoms with Gasteiger partial charge in [0.2, 0.25) is 0 Å². The van der Waals surface area contributed by atoms with Crippen LogP contribution in [-0.4, -0.2) is 28.9 Å². The minimum Gasteiger partial charge on any atom is -0.331 e. The van der Waals surface area contributed by atoms with Crippen molar-refractivity contribution in [2.45, 2.75) is 18.8 Å². The Balaban J connectivity index is 1.50. The number of hydrogen-bond acceptors (Lipinski definition) is 4. The molecule has 3 aliphatic rings. The SMILES string of the molecule is O=C(Nc1ccc(C2CC2)cc1)C1=CC=CN2CCSN=C12. The van der Waals surface area contributed by atoms with Crippen LogP contribution >= 0.6 is 11.9 Å². The first-order chi connectivity index (χ1) is 10.8. The summed E-state index contributed by atoms with van der Waals surface area (Å²) in [5, 5.41) is 2.97. The van der Waals surface area contributed by atoms with E-state index in [4.69, 9.17) is 0 Å². The van der Waals surface area contributed by atoms with Crippen molar-refractivity contribution in [1.82, 2.24) is 4.90 Å². The molecule has 0 radical (unpaired) electrons. The van der Waals surface area contributed by atoms with Gasteiger partial charge in [-0.25, -0.2) is 0 Å². The van der Waals surface area contributed by atoms with Crippen molar-refractivity contribution in [3.63, 3.8) is 0 Å². The first kappa shape index (κ1) is 13.6. The van der Waals surface area contributed by atoms with E-state index in [0.29, 0.717) is 5.57 Å². The van der Waals surface area contributed by atoms with E-state index in [1.165, 1.54) is 30.4 Å². The maximum atomic E-state index is 12.5. The van der Waals surface area contributed by atoms with Gasteiger partial charge in [0, 0.05) is 24.2 Å². The number of allylic oxidation sites excluding steroid dienone is 2. The number of amides is 1. The third kappa shape index (κ3) is 2.68. The van der Waals surface area contributed by atoms with Gasteiger partial charge >= 0.3 is 0 Å². The Bertz CT molecular complexity index is 686. The van der Waals surface area contributed by atoms with Crippen LogP contribution in [0, 0.1) is 0 Å². The fourth-order valence-electron chi connectivity index (χ4n) is 2.70. The predicted molar refractivity (Wildman–Crippen MR) is 90.9 cm³/mol. The summed E-state index contributed by atoms with van der Waals surface area (Å²) in [6.07, 6.45) is 8.28. The van der Waals surface area contributed by atoms with Crippen LogP contribution < -0.4 is 5.32 Å². The highest BCUT2D eigenvalue weighted by molar-refractivity contribution is 7.98. The fraction of sp³-hybridized carbons (Fsp3) is 0.294. The molecule has 0 saturated heterocycles. The summed E-state index contributed by atoms with van der Waals surface area (Å²) in [6.45, 7) is 0.890. The second kappa shape index (κ2) is 5.65. The van der Waals surface area contributed by atoms with E-state index < -0.39 is 0 Å². The summed E-state index contributed by atoms with van der Waals surface area (Å²) in [5.74, 6) is 2.34. The average Bonchev–Trinajstić information content (AvgIpc) is 3.40. The van der Waals surface area contributed by atoms with Gasteiger partial charge in [0.15, 0.2) is 5.84 Å². The molecule has 1 aromatic rings. The van der Waals surface area contributed by atoms with Crippen molar-refractivity contribution >= 4 is 29.4 Å². The van der Waals surface area contributed by atoms with E-state index in [2.05, 4.69) is 21.8 Å². The Morgan fingerprint density at radius 2 is 2.09 bits per heavy atom. The summed E-state index contributed by atoms with van der Waals surface area (Å²) >= 11 is 1.51. The van der Waals surface area contributed by atoms with Gasteiger partial charge in [-0.3, -0.25) is 4.79 Å².